The summed E-state index contributed by atoms with van der Waals surface area (Å²) in [7, 11) is 0. The molecular formula is C22H18N2O3. The highest BCUT2D eigenvalue weighted by Gasteiger charge is 2.28. The summed E-state index contributed by atoms with van der Waals surface area (Å²) in [5, 5.41) is 8.81. The Bertz CT molecular complexity index is 1000. The average Bonchev–Trinajstić information content (AvgIpc) is 3.21. The lowest BCUT2D eigenvalue weighted by atomic mass is 9.81. The first-order chi connectivity index (χ1) is 13.2. The van der Waals surface area contributed by atoms with Crippen LogP contribution in [0.15, 0.2) is 59.1 Å². The zero-order valence-electron chi connectivity index (χ0n) is 14.7. The maximum Gasteiger partial charge on any atom is 0.264 e. The molecule has 2 aromatic carbocycles. The van der Waals surface area contributed by atoms with Gasteiger partial charge >= 0.3 is 0 Å². The third kappa shape index (κ3) is 3.75. The number of carbonyl (C=O) groups is 1. The minimum absolute atomic E-state index is 0.0304. The standard InChI is InChI=1S/C22H18N2O3/c23-12-20-13-24-22(27-20)21(25)18-7-6-17-11-19(9-8-16(17)10-18)26-14-15-4-2-1-3-5-15/h1-5,8-9,11,13,18H,6-7,10,14H2/t18-/m1/s1. The molecule has 134 valence electrons. The molecule has 1 heterocycles. The Morgan fingerprint density at radius 2 is 2.07 bits per heavy atom. The van der Waals surface area contributed by atoms with Gasteiger partial charge in [0.15, 0.2) is 0 Å². The molecule has 27 heavy (non-hydrogen) atoms. The van der Waals surface area contributed by atoms with Crippen molar-refractivity contribution in [1.29, 1.82) is 5.26 Å². The van der Waals surface area contributed by atoms with E-state index in [0.717, 1.165) is 29.7 Å². The fourth-order valence-corrected chi connectivity index (χ4v) is 3.40. The third-order valence-corrected chi connectivity index (χ3v) is 4.85. The van der Waals surface area contributed by atoms with Gasteiger partial charge in [0, 0.05) is 5.92 Å². The van der Waals surface area contributed by atoms with Gasteiger partial charge in [-0.3, -0.25) is 4.79 Å². The van der Waals surface area contributed by atoms with E-state index in [1.165, 1.54) is 11.8 Å². The maximum absolute atomic E-state index is 12.6. The van der Waals surface area contributed by atoms with Crippen LogP contribution < -0.4 is 4.74 Å². The number of rotatable bonds is 5. The zero-order valence-corrected chi connectivity index (χ0v) is 14.7. The molecule has 5 heteroatoms. The van der Waals surface area contributed by atoms with Crippen molar-refractivity contribution in [3.8, 4) is 11.8 Å². The van der Waals surface area contributed by atoms with Crippen LogP contribution in [0.5, 0.6) is 5.75 Å². The lowest BCUT2D eigenvalue weighted by Crippen LogP contribution is -2.23. The van der Waals surface area contributed by atoms with Crippen LogP contribution in [0.3, 0.4) is 0 Å². The highest BCUT2D eigenvalue weighted by molar-refractivity contribution is 5.94. The number of benzene rings is 2. The summed E-state index contributed by atoms with van der Waals surface area (Å²) < 4.78 is 11.1. The van der Waals surface area contributed by atoms with Gasteiger partial charge in [-0.1, -0.05) is 36.4 Å². The van der Waals surface area contributed by atoms with Gasteiger partial charge in [-0.25, -0.2) is 4.98 Å². The van der Waals surface area contributed by atoms with Crippen molar-refractivity contribution < 1.29 is 13.9 Å². The molecule has 0 amide bonds. The first kappa shape index (κ1) is 17.0. The van der Waals surface area contributed by atoms with Crippen molar-refractivity contribution in [2.45, 2.75) is 25.9 Å². The molecule has 0 saturated carbocycles. The van der Waals surface area contributed by atoms with Gasteiger partial charge in [0.1, 0.15) is 18.4 Å². The molecule has 1 aromatic heterocycles. The largest absolute Gasteiger partial charge is 0.489 e. The number of ether oxygens (including phenoxy) is 1. The molecule has 0 fully saturated rings. The number of aryl methyl sites for hydroxylation is 1. The van der Waals surface area contributed by atoms with Crippen molar-refractivity contribution in [3.05, 3.63) is 83.1 Å². The van der Waals surface area contributed by atoms with E-state index >= 15 is 0 Å². The maximum atomic E-state index is 12.6. The number of fused-ring (bicyclic) bond motifs is 1. The molecule has 0 N–H and O–H groups in total. The number of hydrogen-bond donors (Lipinski definition) is 0. The highest BCUT2D eigenvalue weighted by Crippen LogP contribution is 2.30. The molecule has 1 aliphatic carbocycles. The predicted octanol–water partition coefficient (Wildman–Crippen LogP) is 4.11. The SMILES string of the molecule is N#Cc1cnc(C(=O)[C@@H]2CCc3cc(OCc4ccccc4)ccc3C2)o1. The molecule has 3 aromatic rings. The summed E-state index contributed by atoms with van der Waals surface area (Å²) in [6.45, 7) is 0.534. The van der Waals surface area contributed by atoms with Crippen LogP contribution in [0.2, 0.25) is 0 Å². The average molecular weight is 358 g/mol. The lowest BCUT2D eigenvalue weighted by Gasteiger charge is -2.23. The van der Waals surface area contributed by atoms with Crippen LogP contribution in [0.25, 0.3) is 0 Å². The van der Waals surface area contributed by atoms with E-state index in [1.807, 2.05) is 48.5 Å². The predicted molar refractivity (Wildman–Crippen MR) is 98.3 cm³/mol. The van der Waals surface area contributed by atoms with E-state index < -0.39 is 0 Å². The summed E-state index contributed by atoms with van der Waals surface area (Å²) in [6.07, 6.45) is 3.48. The summed E-state index contributed by atoms with van der Waals surface area (Å²) >= 11 is 0. The van der Waals surface area contributed by atoms with Gasteiger partial charge in [-0.05, 0) is 48.1 Å². The molecule has 0 unspecified atom stereocenters. The van der Waals surface area contributed by atoms with Crippen LogP contribution in [-0.4, -0.2) is 10.8 Å². The zero-order chi connectivity index (χ0) is 18.6. The fourth-order valence-electron chi connectivity index (χ4n) is 3.40. The fraction of sp³-hybridized carbons (Fsp3) is 0.227. The van der Waals surface area contributed by atoms with Gasteiger partial charge in [0.2, 0.25) is 11.5 Å². The Hall–Kier alpha value is -3.39. The van der Waals surface area contributed by atoms with Crippen LogP contribution in [0, 0.1) is 17.2 Å². The number of hydrogen-bond acceptors (Lipinski definition) is 5. The smallest absolute Gasteiger partial charge is 0.264 e. The van der Waals surface area contributed by atoms with Crippen molar-refractivity contribution in [2.75, 3.05) is 0 Å². The van der Waals surface area contributed by atoms with Crippen molar-refractivity contribution in [1.82, 2.24) is 4.98 Å². The number of oxazole rings is 1. The second kappa shape index (κ2) is 7.46. The minimum atomic E-state index is -0.168. The molecule has 1 atom stereocenters. The number of carbonyl (C=O) groups excluding carboxylic acids is 1. The molecule has 1 aliphatic rings. The Morgan fingerprint density at radius 1 is 1.22 bits per heavy atom. The monoisotopic (exact) mass is 358 g/mol. The third-order valence-electron chi connectivity index (χ3n) is 4.85. The Balaban J connectivity index is 1.43. The van der Waals surface area contributed by atoms with Crippen molar-refractivity contribution in [3.63, 3.8) is 0 Å². The summed E-state index contributed by atoms with van der Waals surface area (Å²) in [6, 6.07) is 18.0. The first-order valence-electron chi connectivity index (χ1n) is 8.91. The molecule has 0 saturated heterocycles. The molecule has 0 spiro atoms. The number of ketones is 1. The van der Waals surface area contributed by atoms with Crippen LogP contribution in [0.4, 0.5) is 0 Å². The van der Waals surface area contributed by atoms with Gasteiger partial charge in [-0.15, -0.1) is 0 Å². The molecule has 4 rings (SSSR count). The Kier molecular flexibility index (Phi) is 4.71. The molecule has 0 aliphatic heterocycles. The number of Topliss-reactive ketones (excluding diaryl/α,β-unsaturated/α-hetero) is 1. The molecule has 5 nitrogen and oxygen atoms in total. The van der Waals surface area contributed by atoms with E-state index in [-0.39, 0.29) is 23.4 Å². The Morgan fingerprint density at radius 3 is 2.85 bits per heavy atom. The molecule has 0 radical (unpaired) electrons. The van der Waals surface area contributed by atoms with Gasteiger partial charge in [0.05, 0.1) is 6.20 Å². The molecule has 0 bridgehead atoms. The number of aromatic nitrogens is 1. The topological polar surface area (TPSA) is 76.1 Å². The minimum Gasteiger partial charge on any atom is -0.489 e. The van der Waals surface area contributed by atoms with Crippen molar-refractivity contribution in [2.24, 2.45) is 5.92 Å². The van der Waals surface area contributed by atoms with Crippen LogP contribution in [-0.2, 0) is 19.4 Å². The second-order valence-corrected chi connectivity index (χ2v) is 6.65. The van der Waals surface area contributed by atoms with Gasteiger partial charge in [0.25, 0.3) is 5.89 Å². The van der Waals surface area contributed by atoms with Crippen molar-refractivity contribution >= 4 is 5.78 Å². The second-order valence-electron chi connectivity index (χ2n) is 6.65. The van der Waals surface area contributed by atoms with E-state index in [0.29, 0.717) is 13.0 Å². The van der Waals surface area contributed by atoms with E-state index in [2.05, 4.69) is 11.1 Å². The van der Waals surface area contributed by atoms with Gasteiger partial charge in [-0.2, -0.15) is 5.26 Å². The number of nitrogens with zero attached hydrogens (tertiary/aromatic N) is 2. The quantitative estimate of drug-likeness (QED) is 0.642. The van der Waals surface area contributed by atoms with E-state index in [4.69, 9.17) is 14.4 Å². The molecular weight excluding hydrogens is 340 g/mol. The highest BCUT2D eigenvalue weighted by atomic mass is 16.5. The van der Waals surface area contributed by atoms with Gasteiger partial charge < -0.3 is 9.15 Å². The Labute approximate surface area is 157 Å². The first-order valence-corrected chi connectivity index (χ1v) is 8.91. The van der Waals surface area contributed by atoms with E-state index in [9.17, 15) is 4.79 Å². The van der Waals surface area contributed by atoms with E-state index in [1.54, 1.807) is 0 Å². The number of nitriles is 1. The lowest BCUT2D eigenvalue weighted by molar-refractivity contribution is 0.0872. The van der Waals surface area contributed by atoms with Crippen LogP contribution in [0.1, 0.15) is 39.6 Å². The summed E-state index contributed by atoms with van der Waals surface area (Å²) in [5.41, 5.74) is 3.50. The van der Waals surface area contributed by atoms with Crippen LogP contribution >= 0.6 is 0 Å². The normalized spacial score (nSPS) is 15.6. The summed E-state index contributed by atoms with van der Waals surface area (Å²) in [4.78, 5) is 16.5. The summed E-state index contributed by atoms with van der Waals surface area (Å²) in [5.74, 6) is 0.636.